The van der Waals surface area contributed by atoms with Gasteiger partial charge in [-0.05, 0) is 57.6 Å². The zero-order valence-electron chi connectivity index (χ0n) is 19.1. The summed E-state index contributed by atoms with van der Waals surface area (Å²) in [5, 5.41) is 0.726. The number of nitrogens with zero attached hydrogens (tertiary/aromatic N) is 1. The SMILES string of the molecule is CCC(C)(C)C(=O)OCCCCCCOc1cncc2oc(=O)c(-c3ccccc3)cc12. The summed E-state index contributed by atoms with van der Waals surface area (Å²) in [6.07, 6.45) is 7.58. The summed E-state index contributed by atoms with van der Waals surface area (Å²) in [5.41, 5.74) is 0.887. The minimum Gasteiger partial charge on any atom is -0.491 e. The molecule has 0 unspecified atom stereocenters. The third-order valence-electron chi connectivity index (χ3n) is 5.68. The van der Waals surface area contributed by atoms with Crippen molar-refractivity contribution in [2.24, 2.45) is 5.41 Å². The third kappa shape index (κ3) is 5.96. The van der Waals surface area contributed by atoms with Crippen molar-refractivity contribution in [2.75, 3.05) is 13.2 Å². The zero-order chi connectivity index (χ0) is 23.0. The van der Waals surface area contributed by atoms with Crippen LogP contribution in [0.2, 0.25) is 0 Å². The number of unbranched alkanes of at least 4 members (excludes halogenated alkanes) is 3. The second-order valence-corrected chi connectivity index (χ2v) is 8.50. The summed E-state index contributed by atoms with van der Waals surface area (Å²) >= 11 is 0. The second kappa shape index (κ2) is 10.9. The van der Waals surface area contributed by atoms with E-state index >= 15 is 0 Å². The van der Waals surface area contributed by atoms with Crippen LogP contribution in [0.4, 0.5) is 0 Å². The second-order valence-electron chi connectivity index (χ2n) is 8.50. The highest BCUT2D eigenvalue weighted by molar-refractivity contribution is 5.86. The molecule has 32 heavy (non-hydrogen) atoms. The van der Waals surface area contributed by atoms with Crippen LogP contribution < -0.4 is 10.4 Å². The number of aromatic nitrogens is 1. The van der Waals surface area contributed by atoms with E-state index in [1.54, 1.807) is 12.3 Å². The lowest BCUT2D eigenvalue weighted by Crippen LogP contribution is -2.26. The molecule has 0 amide bonds. The lowest BCUT2D eigenvalue weighted by Gasteiger charge is -2.20. The minimum atomic E-state index is -0.417. The first kappa shape index (κ1) is 23.5. The molecule has 1 aromatic carbocycles. The summed E-state index contributed by atoms with van der Waals surface area (Å²) in [5.74, 6) is 0.465. The molecular formula is C26H31NO5. The van der Waals surface area contributed by atoms with E-state index < -0.39 is 11.0 Å². The highest BCUT2D eigenvalue weighted by Gasteiger charge is 2.26. The molecule has 0 saturated carbocycles. The molecule has 3 aromatic rings. The van der Waals surface area contributed by atoms with Crippen LogP contribution >= 0.6 is 0 Å². The quantitative estimate of drug-likeness (QED) is 0.280. The Kier molecular flexibility index (Phi) is 8.03. The van der Waals surface area contributed by atoms with E-state index in [1.807, 2.05) is 51.1 Å². The lowest BCUT2D eigenvalue weighted by molar-refractivity contribution is -0.154. The Labute approximate surface area is 188 Å². The van der Waals surface area contributed by atoms with Gasteiger partial charge in [-0.15, -0.1) is 0 Å². The van der Waals surface area contributed by atoms with Crippen LogP contribution in [-0.2, 0) is 9.53 Å². The van der Waals surface area contributed by atoms with E-state index in [1.165, 1.54) is 6.20 Å². The Balaban J connectivity index is 1.50. The molecule has 0 spiro atoms. The van der Waals surface area contributed by atoms with Crippen LogP contribution in [0.15, 0.2) is 58.0 Å². The van der Waals surface area contributed by atoms with E-state index in [2.05, 4.69) is 4.98 Å². The van der Waals surface area contributed by atoms with Gasteiger partial charge in [-0.25, -0.2) is 4.79 Å². The standard InChI is InChI=1S/C26H31NO5/c1-4-26(2,3)25(29)31-15-11-6-5-10-14-30-22-17-27-18-23-21(22)16-20(24(28)32-23)19-12-8-7-9-13-19/h7-9,12-13,16-18H,4-6,10-11,14-15H2,1-3H3. The Morgan fingerprint density at radius 1 is 1.03 bits per heavy atom. The summed E-state index contributed by atoms with van der Waals surface area (Å²) in [7, 11) is 0. The lowest BCUT2D eigenvalue weighted by atomic mass is 9.91. The van der Waals surface area contributed by atoms with Crippen molar-refractivity contribution in [3.8, 4) is 16.9 Å². The van der Waals surface area contributed by atoms with Crippen molar-refractivity contribution in [3.63, 3.8) is 0 Å². The topological polar surface area (TPSA) is 78.6 Å². The van der Waals surface area contributed by atoms with Crippen molar-refractivity contribution < 1.29 is 18.7 Å². The molecule has 6 nitrogen and oxygen atoms in total. The van der Waals surface area contributed by atoms with Crippen LogP contribution in [0.5, 0.6) is 5.75 Å². The fourth-order valence-corrected chi connectivity index (χ4v) is 3.19. The van der Waals surface area contributed by atoms with Crippen LogP contribution in [0, 0.1) is 5.41 Å². The number of rotatable bonds is 11. The molecule has 0 bridgehead atoms. The van der Waals surface area contributed by atoms with Gasteiger partial charge in [-0.3, -0.25) is 9.78 Å². The Morgan fingerprint density at radius 3 is 2.47 bits per heavy atom. The van der Waals surface area contributed by atoms with Crippen LogP contribution in [0.1, 0.15) is 52.9 Å². The zero-order valence-corrected chi connectivity index (χ0v) is 19.1. The molecule has 0 aliphatic rings. The molecule has 0 fully saturated rings. The van der Waals surface area contributed by atoms with Gasteiger partial charge in [0, 0.05) is 0 Å². The highest BCUT2D eigenvalue weighted by atomic mass is 16.5. The normalized spacial score (nSPS) is 11.5. The van der Waals surface area contributed by atoms with Crippen molar-refractivity contribution in [3.05, 3.63) is 59.2 Å². The Morgan fingerprint density at radius 2 is 1.75 bits per heavy atom. The van der Waals surface area contributed by atoms with Gasteiger partial charge < -0.3 is 13.9 Å². The smallest absolute Gasteiger partial charge is 0.344 e. The van der Waals surface area contributed by atoms with Crippen molar-refractivity contribution >= 4 is 16.9 Å². The summed E-state index contributed by atoms with van der Waals surface area (Å²) < 4.78 is 16.8. The summed E-state index contributed by atoms with van der Waals surface area (Å²) in [6.45, 7) is 6.79. The molecular weight excluding hydrogens is 406 g/mol. The maximum Gasteiger partial charge on any atom is 0.344 e. The first-order chi connectivity index (χ1) is 15.4. The predicted octanol–water partition coefficient (Wildman–Crippen LogP) is 5.77. The van der Waals surface area contributed by atoms with Gasteiger partial charge in [0.15, 0.2) is 5.58 Å². The van der Waals surface area contributed by atoms with Gasteiger partial charge in [0.25, 0.3) is 0 Å². The van der Waals surface area contributed by atoms with Crippen molar-refractivity contribution in [2.45, 2.75) is 52.9 Å². The monoisotopic (exact) mass is 437 g/mol. The number of esters is 1. The molecule has 0 N–H and O–H groups in total. The molecule has 0 radical (unpaired) electrons. The molecule has 2 heterocycles. The summed E-state index contributed by atoms with van der Waals surface area (Å²) in [4.78, 5) is 28.5. The van der Waals surface area contributed by atoms with Gasteiger partial charge in [-0.1, -0.05) is 37.3 Å². The molecule has 0 saturated heterocycles. The molecule has 3 rings (SSSR count). The molecule has 6 heteroatoms. The molecule has 2 aromatic heterocycles. The van der Waals surface area contributed by atoms with E-state index in [0.717, 1.165) is 43.1 Å². The molecule has 0 aliphatic heterocycles. The van der Waals surface area contributed by atoms with Crippen LogP contribution in [0.3, 0.4) is 0 Å². The number of fused-ring (bicyclic) bond motifs is 1. The number of hydrogen-bond acceptors (Lipinski definition) is 6. The maximum absolute atomic E-state index is 12.4. The third-order valence-corrected chi connectivity index (χ3v) is 5.68. The van der Waals surface area contributed by atoms with E-state index in [-0.39, 0.29) is 5.97 Å². The maximum atomic E-state index is 12.4. The van der Waals surface area contributed by atoms with E-state index in [0.29, 0.717) is 30.1 Å². The van der Waals surface area contributed by atoms with Gasteiger partial charge in [0.2, 0.25) is 0 Å². The van der Waals surface area contributed by atoms with E-state index in [4.69, 9.17) is 13.9 Å². The number of carbonyl (C=O) groups excluding carboxylic acids is 1. The van der Waals surface area contributed by atoms with Crippen molar-refractivity contribution in [1.29, 1.82) is 0 Å². The first-order valence-corrected chi connectivity index (χ1v) is 11.2. The van der Waals surface area contributed by atoms with Gasteiger partial charge in [0.05, 0.1) is 42.0 Å². The number of carbonyl (C=O) groups is 1. The Bertz CT molecular complexity index is 1090. The summed E-state index contributed by atoms with van der Waals surface area (Å²) in [6, 6.07) is 11.2. The average molecular weight is 438 g/mol. The predicted molar refractivity (Wildman–Crippen MR) is 125 cm³/mol. The number of benzene rings is 1. The fraction of sp³-hybridized carbons (Fsp3) is 0.423. The largest absolute Gasteiger partial charge is 0.491 e. The Hall–Kier alpha value is -3.15. The number of pyridine rings is 1. The molecule has 170 valence electrons. The number of hydrogen-bond donors (Lipinski definition) is 0. The van der Waals surface area contributed by atoms with Gasteiger partial charge >= 0.3 is 11.6 Å². The van der Waals surface area contributed by atoms with Crippen LogP contribution in [-0.4, -0.2) is 24.2 Å². The van der Waals surface area contributed by atoms with Crippen LogP contribution in [0.25, 0.3) is 22.1 Å². The van der Waals surface area contributed by atoms with Gasteiger partial charge in [-0.2, -0.15) is 0 Å². The van der Waals surface area contributed by atoms with Gasteiger partial charge in [0.1, 0.15) is 5.75 Å². The highest BCUT2D eigenvalue weighted by Crippen LogP contribution is 2.27. The van der Waals surface area contributed by atoms with E-state index in [9.17, 15) is 9.59 Å². The van der Waals surface area contributed by atoms with Crippen molar-refractivity contribution in [1.82, 2.24) is 4.98 Å². The number of ether oxygens (including phenoxy) is 2. The average Bonchev–Trinajstić information content (AvgIpc) is 2.80. The first-order valence-electron chi connectivity index (χ1n) is 11.2. The fourth-order valence-electron chi connectivity index (χ4n) is 3.19. The molecule has 0 atom stereocenters. The molecule has 0 aliphatic carbocycles. The minimum absolute atomic E-state index is 0.131.